The zero-order valence-corrected chi connectivity index (χ0v) is 17.3. The minimum Gasteiger partial charge on any atom is -1.00 e. The van der Waals surface area contributed by atoms with Crippen molar-refractivity contribution in [1.82, 2.24) is 0 Å². The average Bonchev–Trinajstić information content (AvgIpc) is 2.61. The first-order chi connectivity index (χ1) is 11.7. The molecule has 0 aromatic heterocycles. The van der Waals surface area contributed by atoms with Gasteiger partial charge in [0.15, 0.2) is 0 Å². The van der Waals surface area contributed by atoms with Gasteiger partial charge in [-0.15, -0.1) is 0 Å². The summed E-state index contributed by atoms with van der Waals surface area (Å²) < 4.78 is 1.08. The molecule has 2 heteroatoms. The second kappa shape index (κ2) is 11.1. The Morgan fingerprint density at radius 2 is 1.64 bits per heavy atom. The van der Waals surface area contributed by atoms with E-state index in [1.165, 1.54) is 36.7 Å². The molecule has 0 radical (unpaired) electrons. The Labute approximate surface area is 164 Å². The van der Waals surface area contributed by atoms with Gasteiger partial charge >= 0.3 is 0 Å². The molecule has 0 aliphatic carbocycles. The van der Waals surface area contributed by atoms with Gasteiger partial charge in [-0.3, -0.25) is 0 Å². The van der Waals surface area contributed by atoms with Crippen LogP contribution < -0.4 is 17.0 Å². The number of rotatable bonds is 7. The molecule has 1 nitrogen and oxygen atoms in total. The highest BCUT2D eigenvalue weighted by Gasteiger charge is 2.22. The number of allylic oxidation sites excluding steroid dienone is 1. The van der Waals surface area contributed by atoms with Gasteiger partial charge in [-0.1, -0.05) is 62.2 Å². The number of benzene rings is 2. The second-order valence-electron chi connectivity index (χ2n) is 6.53. The van der Waals surface area contributed by atoms with E-state index < -0.39 is 0 Å². The Morgan fingerprint density at radius 1 is 0.960 bits per heavy atom. The third kappa shape index (κ3) is 6.03. The number of hydrogen-bond acceptors (Lipinski definition) is 0. The van der Waals surface area contributed by atoms with E-state index >= 15 is 0 Å². The van der Waals surface area contributed by atoms with E-state index in [4.69, 9.17) is 0 Å². The highest BCUT2D eigenvalue weighted by atomic mass is 79.9. The summed E-state index contributed by atoms with van der Waals surface area (Å²) in [6.45, 7) is 11.1. The van der Waals surface area contributed by atoms with E-state index in [0.717, 1.165) is 23.1 Å². The summed E-state index contributed by atoms with van der Waals surface area (Å²) in [6.07, 6.45) is 6.86. The van der Waals surface area contributed by atoms with Gasteiger partial charge in [-0.05, 0) is 48.6 Å². The summed E-state index contributed by atoms with van der Waals surface area (Å²) >= 11 is 0. The van der Waals surface area contributed by atoms with Crippen molar-refractivity contribution in [1.29, 1.82) is 0 Å². The van der Waals surface area contributed by atoms with E-state index in [-0.39, 0.29) is 17.0 Å². The fourth-order valence-electron chi connectivity index (χ4n) is 3.43. The Kier molecular flexibility index (Phi) is 9.57. The van der Waals surface area contributed by atoms with Crippen molar-refractivity contribution in [3.05, 3.63) is 60.2 Å². The van der Waals surface area contributed by atoms with Crippen molar-refractivity contribution in [2.45, 2.75) is 33.6 Å². The third-order valence-electron chi connectivity index (χ3n) is 4.55. The fraction of sp³-hybridized carbons (Fsp3) is 0.391. The monoisotopic (exact) mass is 399 g/mol. The van der Waals surface area contributed by atoms with Gasteiger partial charge in [0.25, 0.3) is 0 Å². The first-order valence-electron chi connectivity index (χ1n) is 9.17. The van der Waals surface area contributed by atoms with E-state index in [1.54, 1.807) is 0 Å². The maximum Gasteiger partial charge on any atom is 0.141 e. The lowest BCUT2D eigenvalue weighted by atomic mass is 10.1. The van der Waals surface area contributed by atoms with Gasteiger partial charge < -0.3 is 21.5 Å². The lowest BCUT2D eigenvalue weighted by Gasteiger charge is -2.36. The van der Waals surface area contributed by atoms with Crippen LogP contribution in [0.3, 0.4) is 0 Å². The zero-order valence-electron chi connectivity index (χ0n) is 15.8. The summed E-state index contributed by atoms with van der Waals surface area (Å²) in [4.78, 5) is 0. The van der Waals surface area contributed by atoms with Gasteiger partial charge in [-0.2, -0.15) is 0 Å². The van der Waals surface area contributed by atoms with Gasteiger partial charge in [0.1, 0.15) is 6.54 Å². The van der Waals surface area contributed by atoms with Crippen molar-refractivity contribution >= 4 is 10.8 Å². The lowest BCUT2D eigenvalue weighted by Crippen LogP contribution is -3.00. The highest BCUT2D eigenvalue weighted by molar-refractivity contribution is 5.88. The predicted octanol–water partition coefficient (Wildman–Crippen LogP) is 2.41. The molecular weight excluding hydrogens is 370 g/mol. The smallest absolute Gasteiger partial charge is 0.141 e. The van der Waals surface area contributed by atoms with Crippen LogP contribution in [-0.2, 0) is 0 Å². The molecule has 0 bridgehead atoms. The molecule has 0 heterocycles. The minimum absolute atomic E-state index is 0. The summed E-state index contributed by atoms with van der Waals surface area (Å²) in [5, 5.41) is 2.52. The molecule has 2 aromatic carbocycles. The van der Waals surface area contributed by atoms with Crippen molar-refractivity contribution in [3.8, 4) is 11.8 Å². The molecule has 0 saturated carbocycles. The number of fused-ring (bicyclic) bond motifs is 1. The van der Waals surface area contributed by atoms with Crippen LogP contribution >= 0.6 is 0 Å². The molecule has 25 heavy (non-hydrogen) atoms. The van der Waals surface area contributed by atoms with E-state index in [1.807, 2.05) is 0 Å². The van der Waals surface area contributed by atoms with Crippen molar-refractivity contribution in [2.24, 2.45) is 0 Å². The Morgan fingerprint density at radius 3 is 2.32 bits per heavy atom. The third-order valence-corrected chi connectivity index (χ3v) is 4.55. The zero-order chi connectivity index (χ0) is 17.3. The van der Waals surface area contributed by atoms with Crippen molar-refractivity contribution in [3.63, 3.8) is 0 Å². The molecule has 0 N–H and O–H groups in total. The summed E-state index contributed by atoms with van der Waals surface area (Å²) in [6, 6.07) is 14.9. The van der Waals surface area contributed by atoms with Gasteiger partial charge in [0.05, 0.1) is 19.6 Å². The van der Waals surface area contributed by atoms with Crippen LogP contribution in [-0.4, -0.2) is 30.7 Å². The van der Waals surface area contributed by atoms with Crippen LogP contribution in [0.15, 0.2) is 54.6 Å². The molecule has 0 unspecified atom stereocenters. The molecular formula is C23H30BrN. The number of quaternary nitrogens is 1. The molecule has 0 aliphatic heterocycles. The number of halogens is 1. The second-order valence-corrected chi connectivity index (χ2v) is 6.53. The number of hydrogen-bond donors (Lipinski definition) is 0. The topological polar surface area (TPSA) is 0 Å². The SMILES string of the molecule is C/C=C/C[N+](CC#Cc1cccc2ccccc12)(CCC)CCC.[Br-]. The largest absolute Gasteiger partial charge is 1.00 e. The molecule has 0 saturated heterocycles. The Bertz CT molecular complexity index is 725. The molecule has 0 spiro atoms. The van der Waals surface area contributed by atoms with Gasteiger partial charge in [0.2, 0.25) is 0 Å². The molecule has 0 aliphatic rings. The summed E-state index contributed by atoms with van der Waals surface area (Å²) in [7, 11) is 0. The van der Waals surface area contributed by atoms with Crippen molar-refractivity contribution in [2.75, 3.05) is 26.2 Å². The first-order valence-corrected chi connectivity index (χ1v) is 9.17. The van der Waals surface area contributed by atoms with Crippen LogP contribution in [0.5, 0.6) is 0 Å². The van der Waals surface area contributed by atoms with Gasteiger partial charge in [0, 0.05) is 5.56 Å². The van der Waals surface area contributed by atoms with Crippen LogP contribution in [0, 0.1) is 11.8 Å². The Hall–Kier alpha value is -1.56. The standard InChI is InChI=1S/C23H30N.BrH/c1-4-7-19-24(17-5-2,18-6-3)20-11-15-22-14-10-13-21-12-8-9-16-23(21)22;/h4,7-10,12-14,16H,5-6,17-20H2,1-3H3;1H/q+1;/p-1/b7-4+;. The average molecular weight is 400 g/mol. The number of nitrogens with zero attached hydrogens (tertiary/aromatic N) is 1. The normalized spacial score (nSPS) is 11.2. The maximum absolute atomic E-state index is 3.50. The van der Waals surface area contributed by atoms with Crippen molar-refractivity contribution < 1.29 is 21.5 Å². The molecule has 2 aromatic rings. The molecule has 2 rings (SSSR count). The fourth-order valence-corrected chi connectivity index (χ4v) is 3.43. The van der Waals surface area contributed by atoms with E-state index in [2.05, 4.69) is 87.2 Å². The molecule has 134 valence electrons. The van der Waals surface area contributed by atoms with Crippen LogP contribution in [0.1, 0.15) is 39.2 Å². The predicted molar refractivity (Wildman–Crippen MR) is 106 cm³/mol. The first kappa shape index (κ1) is 21.5. The van der Waals surface area contributed by atoms with Crippen LogP contribution in [0.4, 0.5) is 0 Å². The molecule has 0 fully saturated rings. The summed E-state index contributed by atoms with van der Waals surface area (Å²) in [5.41, 5.74) is 1.14. The van der Waals surface area contributed by atoms with Crippen LogP contribution in [0.2, 0.25) is 0 Å². The quantitative estimate of drug-likeness (QED) is 0.381. The summed E-state index contributed by atoms with van der Waals surface area (Å²) in [5.74, 6) is 6.95. The minimum atomic E-state index is 0. The Balaban J connectivity index is 0.00000312. The van der Waals surface area contributed by atoms with E-state index in [0.29, 0.717) is 0 Å². The maximum atomic E-state index is 3.50. The van der Waals surface area contributed by atoms with Gasteiger partial charge in [-0.25, -0.2) is 0 Å². The lowest BCUT2D eigenvalue weighted by molar-refractivity contribution is -0.916. The van der Waals surface area contributed by atoms with Crippen LogP contribution in [0.25, 0.3) is 10.8 Å². The van der Waals surface area contributed by atoms with E-state index in [9.17, 15) is 0 Å². The highest BCUT2D eigenvalue weighted by Crippen LogP contribution is 2.17. The molecule has 0 amide bonds. The molecule has 0 atom stereocenters.